The van der Waals surface area contributed by atoms with Gasteiger partial charge in [0.1, 0.15) is 24.4 Å². The van der Waals surface area contributed by atoms with Crippen LogP contribution in [0.1, 0.15) is 23.6 Å². The predicted octanol–water partition coefficient (Wildman–Crippen LogP) is 3.33. The van der Waals surface area contributed by atoms with Gasteiger partial charge in [0.2, 0.25) is 0 Å². The summed E-state index contributed by atoms with van der Waals surface area (Å²) in [5.74, 6) is 0.110. The normalized spacial score (nSPS) is 17.3. The Kier molecular flexibility index (Phi) is 4.17. The highest BCUT2D eigenvalue weighted by Crippen LogP contribution is 2.40. The first-order valence-corrected chi connectivity index (χ1v) is 10.6. The summed E-state index contributed by atoms with van der Waals surface area (Å²) < 4.78 is 22.2. The number of hydrogen-bond acceptors (Lipinski definition) is 7. The fourth-order valence-electron chi connectivity index (χ4n) is 4.77. The molecule has 6 rings (SSSR count). The van der Waals surface area contributed by atoms with Crippen LogP contribution in [0.3, 0.4) is 0 Å². The molecule has 2 aromatic carbocycles. The standard InChI is InChI=1S/C23H22FN7O/c24-17-9-14(10-18-21(17)32-6-5-27-18)20-19-22(26)28-11-29-23(19)31(30-20)16-4-2-12-1-3-15(25)7-13(12)8-16/h1,3,7,9-11,16,27H,2,4-6,8,25H2,(H2,26,28,29). The monoisotopic (exact) mass is 431 g/mol. The van der Waals surface area contributed by atoms with E-state index in [1.807, 2.05) is 22.9 Å². The molecule has 162 valence electrons. The van der Waals surface area contributed by atoms with Crippen molar-refractivity contribution in [3.8, 4) is 17.0 Å². The second-order valence-corrected chi connectivity index (χ2v) is 8.29. The number of ether oxygens (including phenoxy) is 1. The molecule has 0 amide bonds. The second kappa shape index (κ2) is 7.08. The van der Waals surface area contributed by atoms with Crippen LogP contribution < -0.4 is 21.5 Å². The Morgan fingerprint density at radius 3 is 2.94 bits per heavy atom. The third-order valence-corrected chi connectivity index (χ3v) is 6.28. The number of aryl methyl sites for hydroxylation is 1. The van der Waals surface area contributed by atoms with E-state index in [0.717, 1.165) is 24.9 Å². The Bertz CT molecular complexity index is 1370. The summed E-state index contributed by atoms with van der Waals surface area (Å²) in [5, 5.41) is 8.71. The quantitative estimate of drug-likeness (QED) is 0.417. The van der Waals surface area contributed by atoms with E-state index in [-0.39, 0.29) is 11.8 Å². The van der Waals surface area contributed by atoms with Crippen molar-refractivity contribution < 1.29 is 9.13 Å². The maximum atomic E-state index is 14.8. The molecule has 8 nitrogen and oxygen atoms in total. The van der Waals surface area contributed by atoms with Gasteiger partial charge in [-0.25, -0.2) is 19.0 Å². The van der Waals surface area contributed by atoms with Crippen LogP contribution in [0.4, 0.5) is 21.6 Å². The number of nitrogens with one attached hydrogen (secondary N) is 1. The zero-order valence-corrected chi connectivity index (χ0v) is 17.3. The molecule has 0 bridgehead atoms. The summed E-state index contributed by atoms with van der Waals surface area (Å²) in [7, 11) is 0. The summed E-state index contributed by atoms with van der Waals surface area (Å²) in [4.78, 5) is 8.67. The number of anilines is 3. The lowest BCUT2D eigenvalue weighted by Crippen LogP contribution is -2.20. The van der Waals surface area contributed by atoms with Gasteiger partial charge < -0.3 is 21.5 Å². The number of halogens is 1. The summed E-state index contributed by atoms with van der Waals surface area (Å²) in [5.41, 5.74) is 18.0. The molecule has 32 heavy (non-hydrogen) atoms. The van der Waals surface area contributed by atoms with Crippen LogP contribution in [0.15, 0.2) is 36.7 Å². The summed E-state index contributed by atoms with van der Waals surface area (Å²) >= 11 is 0. The van der Waals surface area contributed by atoms with Crippen LogP contribution in [-0.2, 0) is 12.8 Å². The van der Waals surface area contributed by atoms with Gasteiger partial charge in [0, 0.05) is 17.8 Å². The third kappa shape index (κ3) is 2.92. The molecule has 3 heterocycles. The molecule has 1 atom stereocenters. The van der Waals surface area contributed by atoms with Gasteiger partial charge in [-0.2, -0.15) is 5.10 Å². The number of benzene rings is 2. The van der Waals surface area contributed by atoms with E-state index in [4.69, 9.17) is 21.3 Å². The largest absolute Gasteiger partial charge is 0.486 e. The van der Waals surface area contributed by atoms with E-state index < -0.39 is 5.82 Å². The second-order valence-electron chi connectivity index (χ2n) is 8.29. The Balaban J connectivity index is 1.50. The fraction of sp³-hybridized carbons (Fsp3) is 0.261. The van der Waals surface area contributed by atoms with E-state index in [1.54, 1.807) is 0 Å². The lowest BCUT2D eigenvalue weighted by molar-refractivity contribution is 0.306. The predicted molar refractivity (Wildman–Crippen MR) is 121 cm³/mol. The van der Waals surface area contributed by atoms with Crippen molar-refractivity contribution >= 4 is 28.2 Å². The first kappa shape index (κ1) is 18.9. The van der Waals surface area contributed by atoms with Crippen LogP contribution in [0.2, 0.25) is 0 Å². The zero-order valence-electron chi connectivity index (χ0n) is 17.3. The SMILES string of the molecule is Nc1ccc2c(c1)CC(n1nc(-c3cc(F)c4c(c3)NCCO4)c3c(N)ncnc31)CC2. The van der Waals surface area contributed by atoms with Crippen LogP contribution in [0.25, 0.3) is 22.3 Å². The van der Waals surface area contributed by atoms with Gasteiger partial charge in [-0.1, -0.05) is 6.07 Å². The zero-order chi connectivity index (χ0) is 21.8. The van der Waals surface area contributed by atoms with Crippen molar-refractivity contribution in [2.75, 3.05) is 29.9 Å². The Labute approximate surface area is 183 Å². The number of nitrogen functional groups attached to an aromatic ring is 2. The van der Waals surface area contributed by atoms with E-state index in [2.05, 4.69) is 21.4 Å². The molecule has 2 aliphatic rings. The van der Waals surface area contributed by atoms with Crippen LogP contribution in [0.5, 0.6) is 5.75 Å². The van der Waals surface area contributed by atoms with Crippen molar-refractivity contribution in [3.63, 3.8) is 0 Å². The maximum Gasteiger partial charge on any atom is 0.178 e. The first-order valence-electron chi connectivity index (χ1n) is 10.6. The lowest BCUT2D eigenvalue weighted by atomic mass is 9.88. The molecular formula is C23H22FN7O. The number of aromatic nitrogens is 4. The third-order valence-electron chi connectivity index (χ3n) is 6.28. The first-order chi connectivity index (χ1) is 15.6. The molecule has 1 unspecified atom stereocenters. The molecule has 4 aromatic rings. The molecular weight excluding hydrogens is 409 g/mol. The van der Waals surface area contributed by atoms with E-state index in [0.29, 0.717) is 46.9 Å². The van der Waals surface area contributed by atoms with Gasteiger partial charge in [-0.3, -0.25) is 0 Å². The summed E-state index contributed by atoms with van der Waals surface area (Å²) in [6.07, 6.45) is 4.06. The average molecular weight is 431 g/mol. The van der Waals surface area contributed by atoms with Crippen molar-refractivity contribution in [2.24, 2.45) is 0 Å². The minimum absolute atomic E-state index is 0.0822. The minimum atomic E-state index is -0.440. The van der Waals surface area contributed by atoms with Crippen LogP contribution >= 0.6 is 0 Å². The van der Waals surface area contributed by atoms with E-state index >= 15 is 0 Å². The van der Waals surface area contributed by atoms with Crippen molar-refractivity contribution in [2.45, 2.75) is 25.3 Å². The van der Waals surface area contributed by atoms with Crippen molar-refractivity contribution in [3.05, 3.63) is 53.6 Å². The van der Waals surface area contributed by atoms with Gasteiger partial charge in [0.25, 0.3) is 0 Å². The van der Waals surface area contributed by atoms with Gasteiger partial charge in [-0.15, -0.1) is 0 Å². The van der Waals surface area contributed by atoms with E-state index in [1.165, 1.54) is 23.5 Å². The smallest absolute Gasteiger partial charge is 0.178 e. The highest BCUT2D eigenvalue weighted by atomic mass is 19.1. The van der Waals surface area contributed by atoms with Crippen molar-refractivity contribution in [1.82, 2.24) is 19.7 Å². The summed E-state index contributed by atoms with van der Waals surface area (Å²) in [6, 6.07) is 9.42. The Morgan fingerprint density at radius 1 is 1.12 bits per heavy atom. The van der Waals surface area contributed by atoms with Crippen molar-refractivity contribution in [1.29, 1.82) is 0 Å². The molecule has 0 spiro atoms. The van der Waals surface area contributed by atoms with Gasteiger partial charge in [0.05, 0.1) is 17.1 Å². The maximum absolute atomic E-state index is 14.8. The molecule has 0 radical (unpaired) electrons. The fourth-order valence-corrected chi connectivity index (χ4v) is 4.77. The lowest BCUT2D eigenvalue weighted by Gasteiger charge is -2.25. The molecule has 9 heteroatoms. The number of fused-ring (bicyclic) bond motifs is 3. The molecule has 0 saturated carbocycles. The number of rotatable bonds is 2. The topological polar surface area (TPSA) is 117 Å². The molecule has 5 N–H and O–H groups in total. The molecule has 2 aromatic heterocycles. The molecule has 0 saturated heterocycles. The van der Waals surface area contributed by atoms with Gasteiger partial charge >= 0.3 is 0 Å². The van der Waals surface area contributed by atoms with Gasteiger partial charge in [-0.05, 0) is 54.7 Å². The molecule has 1 aliphatic heterocycles. The number of hydrogen-bond donors (Lipinski definition) is 3. The van der Waals surface area contributed by atoms with Crippen LogP contribution in [-0.4, -0.2) is 32.9 Å². The number of nitrogens with zero attached hydrogens (tertiary/aromatic N) is 4. The Morgan fingerprint density at radius 2 is 2.03 bits per heavy atom. The minimum Gasteiger partial charge on any atom is -0.486 e. The molecule has 1 aliphatic carbocycles. The highest BCUT2D eigenvalue weighted by Gasteiger charge is 2.27. The van der Waals surface area contributed by atoms with Crippen LogP contribution in [0, 0.1) is 5.82 Å². The summed E-state index contributed by atoms with van der Waals surface area (Å²) in [6.45, 7) is 1.04. The number of nitrogens with two attached hydrogens (primary N) is 2. The Hall–Kier alpha value is -3.88. The molecule has 0 fully saturated rings. The van der Waals surface area contributed by atoms with E-state index in [9.17, 15) is 4.39 Å². The highest BCUT2D eigenvalue weighted by molar-refractivity contribution is 5.99. The van der Waals surface area contributed by atoms with Gasteiger partial charge in [0.15, 0.2) is 17.2 Å². The average Bonchev–Trinajstić information content (AvgIpc) is 3.20.